The Kier molecular flexibility index (Phi) is 30.8. The number of hydrogen-bond donors (Lipinski definition) is 0. The van der Waals surface area contributed by atoms with Crippen LogP contribution in [0.25, 0.3) is 0 Å². The molecule has 0 rings (SSSR count). The summed E-state index contributed by atoms with van der Waals surface area (Å²) in [6.45, 7) is 4.38. The van der Waals surface area contributed by atoms with E-state index in [1.165, 1.54) is 64.2 Å². The number of aliphatic carboxylic acids is 2. The molecule has 0 aromatic rings. The molecule has 0 amide bonds. The predicted molar refractivity (Wildman–Crippen MR) is 95.2 cm³/mol. The first-order valence-corrected chi connectivity index (χ1v) is 9.94. The molecule has 0 fully saturated rings. The van der Waals surface area contributed by atoms with Crippen LogP contribution in [-0.2, 0) is 35.8 Å². The fourth-order valence-electron chi connectivity index (χ4n) is 2.45. The van der Waals surface area contributed by atoms with Crippen molar-refractivity contribution in [3.8, 4) is 0 Å². The quantitative estimate of drug-likeness (QED) is 0.347. The topological polar surface area (TPSA) is 80.3 Å². The van der Waals surface area contributed by atoms with E-state index >= 15 is 0 Å². The van der Waals surface area contributed by atoms with Gasteiger partial charge in [0.1, 0.15) is 0 Å². The Morgan fingerprint density at radius 2 is 0.760 bits per heavy atom. The summed E-state index contributed by atoms with van der Waals surface area (Å²) in [4.78, 5) is 20.0. The van der Waals surface area contributed by atoms with Gasteiger partial charge in [-0.3, -0.25) is 0 Å². The van der Waals surface area contributed by atoms with Crippen LogP contribution in [0, 0.1) is 0 Å². The second-order valence-electron chi connectivity index (χ2n) is 6.49. The molecular weight excluding hydrogens is 395 g/mol. The van der Waals surface area contributed by atoms with Gasteiger partial charge in [-0.1, -0.05) is 90.9 Å². The van der Waals surface area contributed by atoms with Crippen molar-refractivity contribution < 1.29 is 46.0 Å². The van der Waals surface area contributed by atoms with E-state index in [2.05, 4.69) is 13.8 Å². The van der Waals surface area contributed by atoms with Crippen molar-refractivity contribution in [2.24, 2.45) is 0 Å². The predicted octanol–water partition coefficient (Wildman–Crippen LogP) is 3.75. The van der Waals surface area contributed by atoms with Gasteiger partial charge in [0.25, 0.3) is 0 Å². The van der Waals surface area contributed by atoms with Gasteiger partial charge in [0.2, 0.25) is 0 Å². The molecule has 5 heteroatoms. The van der Waals surface area contributed by atoms with Crippen molar-refractivity contribution in [2.45, 2.75) is 117 Å². The molecule has 0 unspecified atom stereocenters. The average molecular weight is 434 g/mol. The van der Waals surface area contributed by atoms with Crippen LogP contribution in [0.5, 0.6) is 0 Å². The molecule has 0 spiro atoms. The molecule has 0 saturated heterocycles. The number of carboxylic acids is 2. The molecule has 0 radical (unpaired) electrons. The summed E-state index contributed by atoms with van der Waals surface area (Å²) in [5.41, 5.74) is 0. The van der Waals surface area contributed by atoms with Crippen LogP contribution in [0.1, 0.15) is 117 Å². The number of rotatable bonds is 16. The third-order valence-electron chi connectivity index (χ3n) is 3.97. The molecule has 0 aromatic carbocycles. The maximum absolute atomic E-state index is 10.0. The molecule has 4 nitrogen and oxygen atoms in total. The van der Waals surface area contributed by atoms with E-state index in [9.17, 15) is 19.8 Å². The van der Waals surface area contributed by atoms with Crippen molar-refractivity contribution in [1.82, 2.24) is 0 Å². The largest absolute Gasteiger partial charge is 2.00 e. The molecule has 0 bridgehead atoms. The number of hydrogen-bond acceptors (Lipinski definition) is 4. The SMILES string of the molecule is CCCCCCCCCC(=O)[O-].CCCCCCCCCC(=O)[O-].[Zr+2]. The van der Waals surface area contributed by atoms with Crippen molar-refractivity contribution in [1.29, 1.82) is 0 Å². The molecule has 0 aliphatic carbocycles. The summed E-state index contributed by atoms with van der Waals surface area (Å²) < 4.78 is 0. The first-order valence-electron chi connectivity index (χ1n) is 9.94. The number of carbonyl (C=O) groups is 2. The van der Waals surface area contributed by atoms with Gasteiger partial charge >= 0.3 is 26.2 Å². The van der Waals surface area contributed by atoms with Crippen molar-refractivity contribution in [3.63, 3.8) is 0 Å². The zero-order valence-corrected chi connectivity index (χ0v) is 18.9. The Hall–Kier alpha value is -0.177. The molecule has 0 N–H and O–H groups in total. The van der Waals surface area contributed by atoms with E-state index in [0.29, 0.717) is 0 Å². The van der Waals surface area contributed by atoms with Gasteiger partial charge in [-0.05, 0) is 25.7 Å². The first-order chi connectivity index (χ1) is 11.5. The Morgan fingerprint density at radius 3 is 1.00 bits per heavy atom. The van der Waals surface area contributed by atoms with Gasteiger partial charge in [-0.25, -0.2) is 0 Å². The number of carboxylic acid groups (broad SMARTS) is 2. The third-order valence-corrected chi connectivity index (χ3v) is 3.97. The van der Waals surface area contributed by atoms with Crippen LogP contribution in [0.2, 0.25) is 0 Å². The molecule has 25 heavy (non-hydrogen) atoms. The average Bonchev–Trinajstić information content (AvgIpc) is 2.53. The molecule has 0 aromatic heterocycles. The second-order valence-corrected chi connectivity index (χ2v) is 6.49. The maximum atomic E-state index is 10.0. The summed E-state index contributed by atoms with van der Waals surface area (Å²) in [6, 6.07) is 0. The summed E-state index contributed by atoms with van der Waals surface area (Å²) in [5.74, 6) is -1.83. The van der Waals surface area contributed by atoms with E-state index in [1.54, 1.807) is 0 Å². The van der Waals surface area contributed by atoms with Crippen molar-refractivity contribution in [3.05, 3.63) is 0 Å². The van der Waals surface area contributed by atoms with E-state index < -0.39 is 11.9 Å². The van der Waals surface area contributed by atoms with Crippen LogP contribution >= 0.6 is 0 Å². The van der Waals surface area contributed by atoms with E-state index in [0.717, 1.165) is 25.7 Å². The summed E-state index contributed by atoms with van der Waals surface area (Å²) in [6.07, 6.45) is 16.7. The monoisotopic (exact) mass is 432 g/mol. The summed E-state index contributed by atoms with van der Waals surface area (Å²) >= 11 is 0. The Balaban J connectivity index is -0.000000372. The Labute approximate surface area is 174 Å². The van der Waals surface area contributed by atoms with Gasteiger partial charge < -0.3 is 19.8 Å². The van der Waals surface area contributed by atoms with Crippen LogP contribution in [-0.4, -0.2) is 11.9 Å². The fourth-order valence-corrected chi connectivity index (χ4v) is 2.45. The van der Waals surface area contributed by atoms with Gasteiger partial charge in [0, 0.05) is 11.9 Å². The van der Waals surface area contributed by atoms with Gasteiger partial charge in [0.05, 0.1) is 0 Å². The Bertz CT molecular complexity index is 255. The van der Waals surface area contributed by atoms with E-state index in [-0.39, 0.29) is 39.0 Å². The fraction of sp³-hybridized carbons (Fsp3) is 0.900. The van der Waals surface area contributed by atoms with Gasteiger partial charge in [-0.2, -0.15) is 0 Å². The standard InChI is InChI=1S/2C10H20O2.Zr/c2*1-2-3-4-5-6-7-8-9-10(11)12;/h2*2-9H2,1H3,(H,11,12);/q;;+2/p-2. The molecule has 146 valence electrons. The van der Waals surface area contributed by atoms with E-state index in [1.807, 2.05) is 0 Å². The van der Waals surface area contributed by atoms with Crippen molar-refractivity contribution >= 4 is 11.9 Å². The minimum absolute atomic E-state index is 0. The molecule has 0 heterocycles. The zero-order chi connectivity index (χ0) is 18.5. The maximum Gasteiger partial charge on any atom is 2.00 e. The van der Waals surface area contributed by atoms with E-state index in [4.69, 9.17) is 0 Å². The molecule has 0 atom stereocenters. The zero-order valence-electron chi connectivity index (χ0n) is 16.4. The smallest absolute Gasteiger partial charge is 0.550 e. The molecule has 0 saturated carbocycles. The van der Waals surface area contributed by atoms with Crippen LogP contribution < -0.4 is 10.2 Å². The first kappa shape index (κ1) is 29.6. The number of unbranched alkanes of at least 4 members (excludes halogenated alkanes) is 12. The minimum Gasteiger partial charge on any atom is -0.550 e. The van der Waals surface area contributed by atoms with Gasteiger partial charge in [-0.15, -0.1) is 0 Å². The molecule has 0 aliphatic rings. The number of carbonyl (C=O) groups excluding carboxylic acids is 2. The summed E-state index contributed by atoms with van der Waals surface area (Å²) in [7, 11) is 0. The third kappa shape index (κ3) is 35.7. The minimum atomic E-state index is -0.913. The Morgan fingerprint density at radius 1 is 0.520 bits per heavy atom. The normalized spacial score (nSPS) is 9.68. The van der Waals surface area contributed by atoms with Crippen LogP contribution in [0.15, 0.2) is 0 Å². The van der Waals surface area contributed by atoms with Gasteiger partial charge in [0.15, 0.2) is 0 Å². The van der Waals surface area contributed by atoms with Crippen LogP contribution in [0.4, 0.5) is 0 Å². The molecule has 0 aliphatic heterocycles. The second kappa shape index (κ2) is 26.1. The van der Waals surface area contributed by atoms with Crippen molar-refractivity contribution in [2.75, 3.05) is 0 Å². The molecular formula is C20H38O4Zr. The van der Waals surface area contributed by atoms with Crippen LogP contribution in [0.3, 0.4) is 0 Å². The summed E-state index contributed by atoms with van der Waals surface area (Å²) in [5, 5.41) is 20.0.